The third-order valence-electron chi connectivity index (χ3n) is 3.60. The van der Waals surface area contributed by atoms with Gasteiger partial charge in [0.25, 0.3) is 0 Å². The van der Waals surface area contributed by atoms with E-state index in [4.69, 9.17) is 4.74 Å². The summed E-state index contributed by atoms with van der Waals surface area (Å²) in [6.45, 7) is 1.50. The predicted molar refractivity (Wildman–Crippen MR) is 52.4 cm³/mol. The van der Waals surface area contributed by atoms with Crippen molar-refractivity contribution >= 4 is 5.97 Å². The van der Waals surface area contributed by atoms with Crippen LogP contribution in [0, 0.1) is 23.7 Å². The number of carbonyl (C=O) groups excluding carboxylic acids is 1. The van der Waals surface area contributed by atoms with E-state index >= 15 is 0 Å². The molecule has 1 saturated carbocycles. The molecule has 0 aromatic carbocycles. The Hall–Kier alpha value is -1.05. The zero-order chi connectivity index (χ0) is 9.71. The van der Waals surface area contributed by atoms with Crippen LogP contribution in [0.2, 0.25) is 0 Å². The summed E-state index contributed by atoms with van der Waals surface area (Å²) in [6.07, 6.45) is 10.3. The van der Waals surface area contributed by atoms with Gasteiger partial charge in [0, 0.05) is 12.8 Å². The Morgan fingerprint density at radius 1 is 1.21 bits per heavy atom. The van der Waals surface area contributed by atoms with Gasteiger partial charge in [-0.05, 0) is 24.2 Å². The molecular weight excluding hydrogens is 176 g/mol. The average Bonchev–Trinajstić information content (AvgIpc) is 2.78. The molecule has 4 aliphatic rings. The van der Waals surface area contributed by atoms with E-state index < -0.39 is 0 Å². The molecule has 2 heteroatoms. The van der Waals surface area contributed by atoms with Crippen molar-refractivity contribution in [3.8, 4) is 0 Å². The molecular formula is C12H14O2. The van der Waals surface area contributed by atoms with E-state index in [0.29, 0.717) is 23.7 Å². The van der Waals surface area contributed by atoms with Crippen LogP contribution < -0.4 is 0 Å². The maximum atomic E-state index is 11.0. The Morgan fingerprint density at radius 3 is 2.43 bits per heavy atom. The van der Waals surface area contributed by atoms with Gasteiger partial charge in [0.2, 0.25) is 0 Å². The third-order valence-corrected chi connectivity index (χ3v) is 3.60. The van der Waals surface area contributed by atoms with E-state index in [2.05, 4.69) is 24.3 Å². The highest BCUT2D eigenvalue weighted by Gasteiger charge is 2.55. The van der Waals surface area contributed by atoms with Crippen LogP contribution in [-0.4, -0.2) is 12.1 Å². The molecule has 0 aromatic heterocycles. The van der Waals surface area contributed by atoms with Crippen molar-refractivity contribution in [2.24, 2.45) is 23.7 Å². The Kier molecular flexibility index (Phi) is 1.61. The van der Waals surface area contributed by atoms with Crippen LogP contribution in [0.5, 0.6) is 0 Å². The number of rotatable bonds is 1. The standard InChI is InChI=1S/C12H14O2/c1-7(13)14-11-6-8-2-4-9-10(5-3-8)12(9)11/h2-5,8-12H,6H2,1H3/t8?,9-,10-,11?,12?/m0/s1. The molecule has 0 N–H and O–H groups in total. The number of esters is 1. The predicted octanol–water partition coefficient (Wildman–Crippen LogP) is 1.93. The maximum Gasteiger partial charge on any atom is 0.302 e. The van der Waals surface area contributed by atoms with Crippen molar-refractivity contribution in [1.29, 1.82) is 0 Å². The van der Waals surface area contributed by atoms with E-state index in [1.807, 2.05) is 0 Å². The number of hydrogen-bond donors (Lipinski definition) is 0. The normalized spacial score (nSPS) is 47.1. The number of hydrogen-bond acceptors (Lipinski definition) is 2. The van der Waals surface area contributed by atoms with Crippen molar-refractivity contribution in [1.82, 2.24) is 0 Å². The first-order valence-corrected chi connectivity index (χ1v) is 5.29. The van der Waals surface area contributed by atoms with Crippen LogP contribution in [0.25, 0.3) is 0 Å². The highest BCUT2D eigenvalue weighted by molar-refractivity contribution is 5.66. The molecule has 0 aliphatic heterocycles. The molecule has 1 fully saturated rings. The summed E-state index contributed by atoms with van der Waals surface area (Å²) in [5, 5.41) is 0. The van der Waals surface area contributed by atoms with Crippen LogP contribution >= 0.6 is 0 Å². The fourth-order valence-corrected chi connectivity index (χ4v) is 2.92. The third kappa shape index (κ3) is 1.13. The molecule has 0 heterocycles. The fraction of sp³-hybridized carbons (Fsp3) is 0.583. The Bertz CT molecular complexity index is 309. The molecule has 4 rings (SSSR count). The largest absolute Gasteiger partial charge is 0.462 e. The summed E-state index contributed by atoms with van der Waals surface area (Å²) in [7, 11) is 0. The quantitative estimate of drug-likeness (QED) is 0.466. The minimum atomic E-state index is -0.137. The summed E-state index contributed by atoms with van der Waals surface area (Å²) >= 11 is 0. The second kappa shape index (κ2) is 2.72. The first-order valence-electron chi connectivity index (χ1n) is 5.29. The molecule has 0 saturated heterocycles. The van der Waals surface area contributed by atoms with Crippen molar-refractivity contribution in [2.75, 3.05) is 0 Å². The molecule has 4 bridgehead atoms. The SMILES string of the molecule is CC(=O)OC1CC2C=C[C@@H]3C1[C@H]3C=C2. The van der Waals surface area contributed by atoms with Crippen molar-refractivity contribution in [3.05, 3.63) is 24.3 Å². The lowest BCUT2D eigenvalue weighted by Crippen LogP contribution is -2.20. The lowest BCUT2D eigenvalue weighted by Gasteiger charge is -2.17. The van der Waals surface area contributed by atoms with Crippen molar-refractivity contribution in [3.63, 3.8) is 0 Å². The Morgan fingerprint density at radius 2 is 1.86 bits per heavy atom. The minimum Gasteiger partial charge on any atom is -0.462 e. The van der Waals surface area contributed by atoms with Crippen LogP contribution in [0.4, 0.5) is 0 Å². The van der Waals surface area contributed by atoms with Crippen molar-refractivity contribution in [2.45, 2.75) is 19.4 Å². The van der Waals surface area contributed by atoms with Crippen LogP contribution in [0.1, 0.15) is 13.3 Å². The van der Waals surface area contributed by atoms with E-state index in [-0.39, 0.29) is 12.1 Å². The molecule has 2 nitrogen and oxygen atoms in total. The molecule has 1 unspecified atom stereocenters. The van der Waals surface area contributed by atoms with Gasteiger partial charge < -0.3 is 4.74 Å². The van der Waals surface area contributed by atoms with Gasteiger partial charge in [-0.3, -0.25) is 4.79 Å². The van der Waals surface area contributed by atoms with Gasteiger partial charge in [0.1, 0.15) is 6.10 Å². The van der Waals surface area contributed by atoms with Gasteiger partial charge in [-0.15, -0.1) is 0 Å². The first-order chi connectivity index (χ1) is 6.75. The second-order valence-electron chi connectivity index (χ2n) is 4.55. The maximum absolute atomic E-state index is 11.0. The van der Waals surface area contributed by atoms with Crippen LogP contribution in [-0.2, 0) is 9.53 Å². The summed E-state index contributed by atoms with van der Waals surface area (Å²) < 4.78 is 5.39. The molecule has 0 spiro atoms. The van der Waals surface area contributed by atoms with Crippen molar-refractivity contribution < 1.29 is 9.53 Å². The van der Waals surface area contributed by atoms with E-state index in [1.165, 1.54) is 6.92 Å². The molecule has 3 atom stereocenters. The highest BCUT2D eigenvalue weighted by atomic mass is 16.5. The lowest BCUT2D eigenvalue weighted by atomic mass is 10.0. The van der Waals surface area contributed by atoms with E-state index in [1.54, 1.807) is 0 Å². The Balaban J connectivity index is 1.84. The average molecular weight is 190 g/mol. The summed E-state index contributed by atoms with van der Waals surface area (Å²) in [6, 6.07) is 0. The number of carbonyl (C=O) groups is 1. The zero-order valence-electron chi connectivity index (χ0n) is 8.22. The smallest absolute Gasteiger partial charge is 0.302 e. The zero-order valence-corrected chi connectivity index (χ0v) is 8.22. The number of allylic oxidation sites excluding steroid dienone is 4. The Labute approximate surface area is 83.6 Å². The fourth-order valence-electron chi connectivity index (χ4n) is 2.92. The molecule has 14 heavy (non-hydrogen) atoms. The topological polar surface area (TPSA) is 26.3 Å². The van der Waals surface area contributed by atoms with Gasteiger partial charge in [0.15, 0.2) is 0 Å². The minimum absolute atomic E-state index is 0.137. The molecule has 74 valence electrons. The second-order valence-corrected chi connectivity index (χ2v) is 4.55. The van der Waals surface area contributed by atoms with Crippen LogP contribution in [0.15, 0.2) is 24.3 Å². The summed E-state index contributed by atoms with van der Waals surface area (Å²) in [5.41, 5.74) is 0. The molecule has 0 amide bonds. The highest BCUT2D eigenvalue weighted by Crippen LogP contribution is 2.56. The van der Waals surface area contributed by atoms with Gasteiger partial charge in [-0.25, -0.2) is 0 Å². The monoisotopic (exact) mass is 190 g/mol. The van der Waals surface area contributed by atoms with E-state index in [9.17, 15) is 4.79 Å². The van der Waals surface area contributed by atoms with Gasteiger partial charge >= 0.3 is 5.97 Å². The molecule has 0 radical (unpaired) electrons. The first kappa shape index (κ1) is 8.27. The number of ether oxygens (including phenoxy) is 1. The van der Waals surface area contributed by atoms with Gasteiger partial charge in [-0.2, -0.15) is 0 Å². The lowest BCUT2D eigenvalue weighted by molar-refractivity contribution is -0.148. The van der Waals surface area contributed by atoms with Crippen LogP contribution in [0.3, 0.4) is 0 Å². The van der Waals surface area contributed by atoms with Gasteiger partial charge in [0.05, 0.1) is 0 Å². The summed E-state index contributed by atoms with van der Waals surface area (Å²) in [5.74, 6) is 2.20. The van der Waals surface area contributed by atoms with Gasteiger partial charge in [-0.1, -0.05) is 24.3 Å². The summed E-state index contributed by atoms with van der Waals surface area (Å²) in [4.78, 5) is 11.0. The molecule has 0 aromatic rings. The van der Waals surface area contributed by atoms with E-state index in [0.717, 1.165) is 6.42 Å². The number of fused-ring (bicyclic) bond motifs is 1. The molecule has 4 aliphatic carbocycles.